The third-order valence-electron chi connectivity index (χ3n) is 2.73. The van der Waals surface area contributed by atoms with Gasteiger partial charge < -0.3 is 0 Å². The molecule has 0 N–H and O–H groups in total. The second-order valence-electron chi connectivity index (χ2n) is 3.65. The van der Waals surface area contributed by atoms with Crippen molar-refractivity contribution in [2.75, 3.05) is 0 Å². The van der Waals surface area contributed by atoms with Gasteiger partial charge in [0, 0.05) is 0 Å². The Hall–Kier alpha value is 0.532. The van der Waals surface area contributed by atoms with E-state index in [1.807, 2.05) is 0 Å². The van der Waals surface area contributed by atoms with E-state index in [4.69, 9.17) is 0 Å². The van der Waals surface area contributed by atoms with E-state index in [9.17, 15) is 0 Å². The maximum Gasteiger partial charge on any atom is 0.129 e. The van der Waals surface area contributed by atoms with Crippen molar-refractivity contribution in [3.05, 3.63) is 0 Å². The first-order chi connectivity index (χ1) is 4.13. The standard InChI is InChI=1S/C8H15.Al/c1-7-5-3-4-6-8(7)2;/h7H,3-6H2,1-2H3;. The van der Waals surface area contributed by atoms with Crippen LogP contribution in [0.15, 0.2) is 0 Å². The van der Waals surface area contributed by atoms with Gasteiger partial charge in [-0.3, -0.25) is 0 Å². The van der Waals surface area contributed by atoms with Gasteiger partial charge in [0.15, 0.2) is 0 Å². The molecule has 0 bridgehead atoms. The predicted molar refractivity (Wildman–Crippen MR) is 41.8 cm³/mol. The van der Waals surface area contributed by atoms with E-state index in [1.165, 1.54) is 25.7 Å². The van der Waals surface area contributed by atoms with Crippen molar-refractivity contribution in [3.63, 3.8) is 0 Å². The van der Waals surface area contributed by atoms with Crippen molar-refractivity contribution >= 4 is 16.3 Å². The van der Waals surface area contributed by atoms with Gasteiger partial charge >= 0.3 is 0 Å². The van der Waals surface area contributed by atoms with Gasteiger partial charge in [0.1, 0.15) is 16.3 Å². The Kier molecular flexibility index (Phi) is 2.24. The van der Waals surface area contributed by atoms with Crippen molar-refractivity contribution in [1.29, 1.82) is 0 Å². The summed E-state index contributed by atoms with van der Waals surface area (Å²) in [6.45, 7) is 4.73. The van der Waals surface area contributed by atoms with Gasteiger partial charge in [0.05, 0.1) is 0 Å². The lowest BCUT2D eigenvalue weighted by atomic mass is 9.80. The van der Waals surface area contributed by atoms with Crippen LogP contribution in [-0.2, 0) is 0 Å². The Morgan fingerprint density at radius 3 is 2.44 bits per heavy atom. The highest BCUT2D eigenvalue weighted by atomic mass is 27.0. The lowest BCUT2D eigenvalue weighted by Crippen LogP contribution is -2.22. The van der Waals surface area contributed by atoms with Crippen LogP contribution in [0, 0.1) is 5.92 Å². The van der Waals surface area contributed by atoms with Crippen LogP contribution in [-0.4, -0.2) is 16.3 Å². The lowest BCUT2D eigenvalue weighted by molar-refractivity contribution is 0.295. The van der Waals surface area contributed by atoms with Crippen molar-refractivity contribution in [1.82, 2.24) is 0 Å². The maximum absolute atomic E-state index is 3.00. The summed E-state index contributed by atoms with van der Waals surface area (Å²) in [5.74, 6) is 0.913. The summed E-state index contributed by atoms with van der Waals surface area (Å²) >= 11 is 3.00. The minimum atomic E-state index is 0.554. The Bertz CT molecular complexity index is 96.7. The average Bonchev–Trinajstić information content (AvgIpc) is 1.77. The highest BCUT2D eigenvalue weighted by Gasteiger charge is 2.26. The third kappa shape index (κ3) is 1.72. The largest absolute Gasteiger partial charge is 0.129 e. The zero-order valence-electron chi connectivity index (χ0n) is 6.48. The molecule has 2 unspecified atom stereocenters. The molecule has 0 aromatic carbocycles. The van der Waals surface area contributed by atoms with Gasteiger partial charge in [0.25, 0.3) is 0 Å². The molecule has 1 aliphatic rings. The molecule has 1 rings (SSSR count). The second kappa shape index (κ2) is 2.64. The summed E-state index contributed by atoms with van der Waals surface area (Å²) in [7, 11) is 0. The van der Waals surface area contributed by atoms with E-state index in [2.05, 4.69) is 30.1 Å². The zero-order chi connectivity index (χ0) is 6.91. The molecule has 50 valence electrons. The molecule has 1 aliphatic carbocycles. The number of rotatable bonds is 0. The fourth-order valence-corrected chi connectivity index (χ4v) is 1.90. The molecule has 0 amide bonds. The molecular formula is C8H15Al. The molecule has 1 saturated carbocycles. The van der Waals surface area contributed by atoms with E-state index >= 15 is 0 Å². The maximum atomic E-state index is 3.00. The van der Waals surface area contributed by atoms with Gasteiger partial charge in [-0.25, -0.2) is 0 Å². The van der Waals surface area contributed by atoms with E-state index in [0.29, 0.717) is 4.28 Å². The molecule has 9 heavy (non-hydrogen) atoms. The summed E-state index contributed by atoms with van der Waals surface area (Å²) in [4.78, 5) is 0. The Morgan fingerprint density at radius 2 is 2.11 bits per heavy atom. The first-order valence-electron chi connectivity index (χ1n) is 3.92. The SMILES string of the molecule is CC1CCCC[C]1(C)[Al]. The Balaban J connectivity index is 2.49. The molecule has 0 saturated heterocycles. The first-order valence-corrected chi connectivity index (χ1v) is 4.49. The van der Waals surface area contributed by atoms with Gasteiger partial charge in [-0.15, -0.1) is 0 Å². The van der Waals surface area contributed by atoms with Gasteiger partial charge in [-0.2, -0.15) is 0 Å². The van der Waals surface area contributed by atoms with Crippen molar-refractivity contribution in [2.24, 2.45) is 5.92 Å². The molecule has 1 heteroatoms. The Morgan fingerprint density at radius 1 is 1.44 bits per heavy atom. The van der Waals surface area contributed by atoms with Crippen LogP contribution in [0.2, 0.25) is 4.28 Å². The summed E-state index contributed by atoms with van der Waals surface area (Å²) in [6, 6.07) is 0. The third-order valence-corrected chi connectivity index (χ3v) is 3.59. The zero-order valence-corrected chi connectivity index (χ0v) is 7.64. The topological polar surface area (TPSA) is 0 Å². The van der Waals surface area contributed by atoms with Crippen molar-refractivity contribution < 1.29 is 0 Å². The van der Waals surface area contributed by atoms with Gasteiger partial charge in [0.2, 0.25) is 0 Å². The average molecular weight is 138 g/mol. The number of hydrogen-bond acceptors (Lipinski definition) is 0. The van der Waals surface area contributed by atoms with Crippen LogP contribution < -0.4 is 0 Å². The quantitative estimate of drug-likeness (QED) is 0.451. The molecule has 0 aromatic heterocycles. The molecule has 0 aliphatic heterocycles. The smallest absolute Gasteiger partial charge is 0.0969 e. The fourth-order valence-electron chi connectivity index (χ4n) is 1.53. The van der Waals surface area contributed by atoms with E-state index < -0.39 is 0 Å². The summed E-state index contributed by atoms with van der Waals surface area (Å²) in [5, 5.41) is 0. The minimum Gasteiger partial charge on any atom is -0.0969 e. The van der Waals surface area contributed by atoms with E-state index in [-0.39, 0.29) is 0 Å². The summed E-state index contributed by atoms with van der Waals surface area (Å²) in [5.41, 5.74) is 0. The lowest BCUT2D eigenvalue weighted by Gasteiger charge is -2.37. The predicted octanol–water partition coefficient (Wildman–Crippen LogP) is 2.54. The normalized spacial score (nSPS) is 44.9. The van der Waals surface area contributed by atoms with Crippen LogP contribution in [0.4, 0.5) is 0 Å². The summed E-state index contributed by atoms with van der Waals surface area (Å²) in [6.07, 6.45) is 5.72. The second-order valence-corrected chi connectivity index (χ2v) is 4.97. The molecule has 2 atom stereocenters. The van der Waals surface area contributed by atoms with Crippen LogP contribution in [0.25, 0.3) is 0 Å². The van der Waals surface area contributed by atoms with Crippen LogP contribution in [0.3, 0.4) is 0 Å². The monoisotopic (exact) mass is 138 g/mol. The molecule has 2 radical (unpaired) electrons. The molecule has 0 heterocycles. The van der Waals surface area contributed by atoms with Crippen LogP contribution in [0.1, 0.15) is 39.5 Å². The van der Waals surface area contributed by atoms with Crippen LogP contribution >= 0.6 is 0 Å². The van der Waals surface area contributed by atoms with Gasteiger partial charge in [-0.1, -0.05) is 49.7 Å². The highest BCUT2D eigenvalue weighted by molar-refractivity contribution is 6.15. The summed E-state index contributed by atoms with van der Waals surface area (Å²) < 4.78 is 0.554. The van der Waals surface area contributed by atoms with E-state index in [1.54, 1.807) is 0 Å². The Labute approximate surface area is 66.4 Å². The molecule has 0 aromatic rings. The molecular weight excluding hydrogens is 123 g/mol. The van der Waals surface area contributed by atoms with Crippen LogP contribution in [0.5, 0.6) is 0 Å². The molecule has 1 fully saturated rings. The fraction of sp³-hybridized carbons (Fsp3) is 1.00. The van der Waals surface area contributed by atoms with Crippen molar-refractivity contribution in [3.8, 4) is 0 Å². The van der Waals surface area contributed by atoms with E-state index in [0.717, 1.165) is 5.92 Å². The van der Waals surface area contributed by atoms with Crippen molar-refractivity contribution in [2.45, 2.75) is 43.8 Å². The molecule has 0 spiro atoms. The minimum absolute atomic E-state index is 0.554. The number of hydrogen-bond donors (Lipinski definition) is 0. The highest BCUT2D eigenvalue weighted by Crippen LogP contribution is 2.43. The van der Waals surface area contributed by atoms with Gasteiger partial charge in [-0.05, 0) is 0 Å². The molecule has 0 nitrogen and oxygen atoms in total. The first kappa shape index (κ1) is 7.64.